The van der Waals surface area contributed by atoms with Crippen molar-refractivity contribution in [2.24, 2.45) is 0 Å². The smallest absolute Gasteiger partial charge is 0.120 e. The highest BCUT2D eigenvalue weighted by atomic mass is 35.5. The quantitative estimate of drug-likeness (QED) is 0.599. The van der Waals surface area contributed by atoms with E-state index < -0.39 is 0 Å². The maximum Gasteiger partial charge on any atom is 0.120 e. The van der Waals surface area contributed by atoms with Gasteiger partial charge in [-0.1, -0.05) is 35.9 Å². The van der Waals surface area contributed by atoms with Gasteiger partial charge in [0, 0.05) is 24.0 Å². The van der Waals surface area contributed by atoms with Crippen LogP contribution >= 0.6 is 11.6 Å². The summed E-state index contributed by atoms with van der Waals surface area (Å²) in [5, 5.41) is 4.25. The summed E-state index contributed by atoms with van der Waals surface area (Å²) in [5.74, 6) is 0.881. The molecule has 0 aliphatic carbocycles. The Balaban J connectivity index is 1.45. The summed E-state index contributed by atoms with van der Waals surface area (Å²) >= 11 is 6.01. The van der Waals surface area contributed by atoms with Crippen LogP contribution in [-0.4, -0.2) is 11.5 Å². The van der Waals surface area contributed by atoms with Crippen molar-refractivity contribution >= 4 is 11.6 Å². The zero-order valence-corrected chi connectivity index (χ0v) is 14.7. The van der Waals surface area contributed by atoms with Gasteiger partial charge in [0.1, 0.15) is 12.4 Å². The molecule has 3 aromatic rings. The minimum atomic E-state index is 0.550. The molecule has 1 heterocycles. The molecule has 25 heavy (non-hydrogen) atoms. The summed E-state index contributed by atoms with van der Waals surface area (Å²) in [6.07, 6.45) is 4.51. The average molecular weight is 353 g/mol. The Kier molecular flexibility index (Phi) is 6.43. The van der Waals surface area contributed by atoms with E-state index in [1.807, 2.05) is 42.5 Å². The molecule has 0 bridgehead atoms. The molecule has 0 atom stereocenters. The second-order valence-electron chi connectivity index (χ2n) is 5.85. The molecule has 0 aliphatic rings. The largest absolute Gasteiger partial charge is 0.489 e. The van der Waals surface area contributed by atoms with Crippen molar-refractivity contribution < 1.29 is 4.74 Å². The summed E-state index contributed by atoms with van der Waals surface area (Å²) in [7, 11) is 0. The number of nitrogens with one attached hydrogen (secondary N) is 1. The van der Waals surface area contributed by atoms with Crippen LogP contribution in [0.25, 0.3) is 0 Å². The molecule has 0 saturated carbocycles. The fourth-order valence-corrected chi connectivity index (χ4v) is 2.76. The van der Waals surface area contributed by atoms with Gasteiger partial charge in [0.2, 0.25) is 0 Å². The fraction of sp³-hybridized carbons (Fsp3) is 0.190. The number of hydrogen-bond donors (Lipinski definition) is 1. The molecule has 0 amide bonds. The Morgan fingerprint density at radius 2 is 1.68 bits per heavy atom. The standard InChI is InChI=1S/C21H21ClN2O/c22-20-5-1-3-17(13-20)7-12-24-15-19-4-2-6-21(14-19)25-16-18-8-10-23-11-9-18/h1-6,8-11,13-14,24H,7,12,15-16H2. The lowest BCUT2D eigenvalue weighted by molar-refractivity contribution is 0.305. The molecule has 2 aromatic carbocycles. The molecule has 1 aromatic heterocycles. The van der Waals surface area contributed by atoms with Crippen LogP contribution in [0.4, 0.5) is 0 Å². The van der Waals surface area contributed by atoms with E-state index in [9.17, 15) is 0 Å². The second kappa shape index (κ2) is 9.21. The Morgan fingerprint density at radius 1 is 0.880 bits per heavy atom. The topological polar surface area (TPSA) is 34.1 Å². The monoisotopic (exact) mass is 352 g/mol. The van der Waals surface area contributed by atoms with Gasteiger partial charge in [-0.3, -0.25) is 4.98 Å². The average Bonchev–Trinajstić information content (AvgIpc) is 2.65. The minimum absolute atomic E-state index is 0.550. The Morgan fingerprint density at radius 3 is 2.52 bits per heavy atom. The number of hydrogen-bond acceptors (Lipinski definition) is 3. The van der Waals surface area contributed by atoms with E-state index in [-0.39, 0.29) is 0 Å². The summed E-state index contributed by atoms with van der Waals surface area (Å²) in [6.45, 7) is 2.27. The second-order valence-corrected chi connectivity index (χ2v) is 6.28. The molecule has 0 aliphatic heterocycles. The molecular weight excluding hydrogens is 332 g/mol. The van der Waals surface area contributed by atoms with Gasteiger partial charge in [0.25, 0.3) is 0 Å². The SMILES string of the molecule is Clc1cccc(CCNCc2cccc(OCc3ccncc3)c2)c1. The first-order valence-corrected chi connectivity index (χ1v) is 8.73. The number of aromatic nitrogens is 1. The maximum absolute atomic E-state index is 6.01. The zero-order chi connectivity index (χ0) is 17.3. The molecule has 128 valence electrons. The molecular formula is C21H21ClN2O. The van der Waals surface area contributed by atoms with Crippen LogP contribution in [0.5, 0.6) is 5.75 Å². The molecule has 0 radical (unpaired) electrons. The number of rotatable bonds is 8. The van der Waals surface area contributed by atoms with Gasteiger partial charge in [-0.25, -0.2) is 0 Å². The molecule has 0 spiro atoms. The van der Waals surface area contributed by atoms with Crippen molar-refractivity contribution in [1.82, 2.24) is 10.3 Å². The highest BCUT2D eigenvalue weighted by Crippen LogP contribution is 2.15. The Hall–Kier alpha value is -2.36. The van der Waals surface area contributed by atoms with Crippen LogP contribution in [0, 0.1) is 0 Å². The Labute approximate surface area is 153 Å². The molecule has 4 heteroatoms. The number of benzene rings is 2. The van der Waals surface area contributed by atoms with Crippen LogP contribution in [0.3, 0.4) is 0 Å². The van der Waals surface area contributed by atoms with Crippen LogP contribution in [0.2, 0.25) is 5.02 Å². The minimum Gasteiger partial charge on any atom is -0.489 e. The summed E-state index contributed by atoms with van der Waals surface area (Å²) < 4.78 is 5.85. The molecule has 3 nitrogen and oxygen atoms in total. The maximum atomic E-state index is 6.01. The van der Waals surface area contributed by atoms with Crippen molar-refractivity contribution in [1.29, 1.82) is 0 Å². The highest BCUT2D eigenvalue weighted by molar-refractivity contribution is 6.30. The van der Waals surface area contributed by atoms with Gasteiger partial charge in [0.15, 0.2) is 0 Å². The van der Waals surface area contributed by atoms with Gasteiger partial charge in [-0.05, 0) is 66.1 Å². The summed E-state index contributed by atoms with van der Waals surface area (Å²) in [4.78, 5) is 4.01. The van der Waals surface area contributed by atoms with E-state index in [1.54, 1.807) is 12.4 Å². The zero-order valence-electron chi connectivity index (χ0n) is 14.0. The predicted octanol–water partition coefficient (Wildman–Crippen LogP) is 4.65. The van der Waals surface area contributed by atoms with Crippen LogP contribution in [0.1, 0.15) is 16.7 Å². The Bertz CT molecular complexity index is 793. The molecule has 3 rings (SSSR count). The van der Waals surface area contributed by atoms with Crippen LogP contribution in [-0.2, 0) is 19.6 Å². The van der Waals surface area contributed by atoms with Gasteiger partial charge < -0.3 is 10.1 Å². The third kappa shape index (κ3) is 5.89. The first-order chi connectivity index (χ1) is 12.3. The third-order valence-corrected chi connectivity index (χ3v) is 4.10. The first kappa shape index (κ1) is 17.5. The van der Waals surface area contributed by atoms with E-state index in [2.05, 4.69) is 28.5 Å². The first-order valence-electron chi connectivity index (χ1n) is 8.35. The lowest BCUT2D eigenvalue weighted by Crippen LogP contribution is -2.16. The molecule has 1 N–H and O–H groups in total. The molecule has 0 saturated heterocycles. The molecule has 0 unspecified atom stereocenters. The van der Waals surface area contributed by atoms with Crippen LogP contribution in [0.15, 0.2) is 73.1 Å². The molecule has 0 fully saturated rings. The van der Waals surface area contributed by atoms with Gasteiger partial charge in [-0.15, -0.1) is 0 Å². The number of ether oxygens (including phenoxy) is 1. The highest BCUT2D eigenvalue weighted by Gasteiger charge is 1.99. The van der Waals surface area contributed by atoms with Crippen molar-refractivity contribution in [3.63, 3.8) is 0 Å². The van der Waals surface area contributed by atoms with E-state index in [4.69, 9.17) is 16.3 Å². The normalized spacial score (nSPS) is 10.6. The lowest BCUT2D eigenvalue weighted by atomic mass is 10.1. The number of pyridine rings is 1. The van der Waals surface area contributed by atoms with Crippen molar-refractivity contribution in [2.45, 2.75) is 19.6 Å². The van der Waals surface area contributed by atoms with E-state index in [0.29, 0.717) is 6.61 Å². The number of halogens is 1. The predicted molar refractivity (Wildman–Crippen MR) is 102 cm³/mol. The fourth-order valence-electron chi connectivity index (χ4n) is 2.55. The third-order valence-electron chi connectivity index (χ3n) is 3.86. The van der Waals surface area contributed by atoms with Crippen molar-refractivity contribution in [3.8, 4) is 5.75 Å². The van der Waals surface area contributed by atoms with E-state index in [0.717, 1.165) is 35.8 Å². The van der Waals surface area contributed by atoms with Crippen LogP contribution < -0.4 is 10.1 Å². The van der Waals surface area contributed by atoms with E-state index in [1.165, 1.54) is 11.1 Å². The summed E-state index contributed by atoms with van der Waals surface area (Å²) in [5.41, 5.74) is 3.56. The van der Waals surface area contributed by atoms with Crippen molar-refractivity contribution in [3.05, 3.63) is 94.8 Å². The van der Waals surface area contributed by atoms with Gasteiger partial charge in [0.05, 0.1) is 0 Å². The van der Waals surface area contributed by atoms with Crippen molar-refractivity contribution in [2.75, 3.05) is 6.54 Å². The van der Waals surface area contributed by atoms with E-state index >= 15 is 0 Å². The lowest BCUT2D eigenvalue weighted by Gasteiger charge is -2.09. The van der Waals surface area contributed by atoms with Gasteiger partial charge >= 0.3 is 0 Å². The number of nitrogens with zero attached hydrogens (tertiary/aromatic N) is 1. The van der Waals surface area contributed by atoms with Gasteiger partial charge in [-0.2, -0.15) is 0 Å². The summed E-state index contributed by atoms with van der Waals surface area (Å²) in [6, 6.07) is 20.1.